The first kappa shape index (κ1) is 18.0. The van der Waals surface area contributed by atoms with Crippen molar-refractivity contribution in [3.05, 3.63) is 41.0 Å². The number of halogens is 3. The van der Waals surface area contributed by atoms with Gasteiger partial charge in [0.05, 0.1) is 11.5 Å². The second-order valence-electron chi connectivity index (χ2n) is 6.07. The first-order valence-electron chi connectivity index (χ1n) is 7.43. The van der Waals surface area contributed by atoms with E-state index in [9.17, 15) is 27.9 Å². The van der Waals surface area contributed by atoms with Crippen LogP contribution in [-0.2, 0) is 15.8 Å². The van der Waals surface area contributed by atoms with E-state index in [2.05, 4.69) is 5.32 Å². The lowest BCUT2D eigenvalue weighted by atomic mass is 9.76. The Labute approximate surface area is 137 Å². The minimum absolute atomic E-state index is 0.0177. The van der Waals surface area contributed by atoms with Crippen molar-refractivity contribution in [1.82, 2.24) is 0 Å². The first-order valence-corrected chi connectivity index (χ1v) is 7.43. The van der Waals surface area contributed by atoms with Crippen LogP contribution in [0.15, 0.2) is 35.4 Å². The van der Waals surface area contributed by atoms with Gasteiger partial charge in [-0.25, -0.2) is 0 Å². The molecule has 0 bridgehead atoms. The van der Waals surface area contributed by atoms with Crippen molar-refractivity contribution in [3.8, 4) is 0 Å². The van der Waals surface area contributed by atoms with Crippen LogP contribution in [-0.4, -0.2) is 11.9 Å². The molecule has 1 aliphatic rings. The Kier molecular flexibility index (Phi) is 5.01. The van der Waals surface area contributed by atoms with Crippen molar-refractivity contribution in [2.24, 2.45) is 11.8 Å². The molecule has 0 aliphatic heterocycles. The molecule has 0 radical (unpaired) electrons. The number of hydrogen-bond donors (Lipinski definition) is 1. The molecular weight excluding hydrogens is 323 g/mol. The maximum atomic E-state index is 12.7. The number of carboxylic acid groups (broad SMARTS) is 1. The molecule has 2 atom stereocenters. The van der Waals surface area contributed by atoms with E-state index in [1.165, 1.54) is 12.1 Å². The van der Waals surface area contributed by atoms with Gasteiger partial charge in [-0.05, 0) is 44.9 Å². The van der Waals surface area contributed by atoms with Gasteiger partial charge in [-0.15, -0.1) is 0 Å². The molecule has 0 aromatic heterocycles. The molecular formula is C17H17F3NO3-. The smallest absolute Gasteiger partial charge is 0.416 e. The van der Waals surface area contributed by atoms with Gasteiger partial charge in [0.2, 0.25) is 5.91 Å². The summed E-state index contributed by atoms with van der Waals surface area (Å²) >= 11 is 0. The molecule has 0 spiro atoms. The molecule has 0 fully saturated rings. The van der Waals surface area contributed by atoms with Crippen LogP contribution in [0.2, 0.25) is 0 Å². The number of aliphatic carboxylic acids is 1. The summed E-state index contributed by atoms with van der Waals surface area (Å²) in [6.07, 6.45) is -4.07. The zero-order valence-electron chi connectivity index (χ0n) is 13.2. The summed E-state index contributed by atoms with van der Waals surface area (Å²) in [4.78, 5) is 23.7. The third-order valence-electron chi connectivity index (χ3n) is 4.36. The maximum absolute atomic E-state index is 12.7. The average Bonchev–Trinajstić information content (AvgIpc) is 2.48. The van der Waals surface area contributed by atoms with Crippen molar-refractivity contribution in [2.75, 3.05) is 5.32 Å². The minimum Gasteiger partial charge on any atom is -0.550 e. The summed E-state index contributed by atoms with van der Waals surface area (Å²) in [6, 6.07) is 4.24. The van der Waals surface area contributed by atoms with E-state index >= 15 is 0 Å². The topological polar surface area (TPSA) is 69.2 Å². The van der Waals surface area contributed by atoms with Crippen molar-refractivity contribution in [3.63, 3.8) is 0 Å². The number of carbonyl (C=O) groups excluding carboxylic acids is 2. The Morgan fingerprint density at radius 3 is 2.25 bits per heavy atom. The Morgan fingerprint density at radius 1 is 1.12 bits per heavy atom. The predicted octanol–water partition coefficient (Wildman–Crippen LogP) is 2.76. The van der Waals surface area contributed by atoms with E-state index in [1.54, 1.807) is 6.92 Å². The number of hydrogen-bond acceptors (Lipinski definition) is 3. The number of amides is 1. The lowest BCUT2D eigenvalue weighted by molar-refractivity contribution is -0.313. The summed E-state index contributed by atoms with van der Waals surface area (Å²) in [7, 11) is 0. The maximum Gasteiger partial charge on any atom is 0.416 e. The van der Waals surface area contributed by atoms with Gasteiger partial charge in [-0.2, -0.15) is 13.2 Å². The lowest BCUT2D eigenvalue weighted by Gasteiger charge is -2.32. The quantitative estimate of drug-likeness (QED) is 0.860. The van der Waals surface area contributed by atoms with Gasteiger partial charge < -0.3 is 15.2 Å². The Hall–Kier alpha value is -2.31. The molecule has 130 valence electrons. The highest BCUT2D eigenvalue weighted by Gasteiger charge is 2.34. The van der Waals surface area contributed by atoms with E-state index in [1.807, 2.05) is 6.92 Å². The molecule has 1 amide bonds. The van der Waals surface area contributed by atoms with Crippen LogP contribution in [0.5, 0.6) is 0 Å². The summed E-state index contributed by atoms with van der Waals surface area (Å²) in [5.74, 6) is -3.80. The highest BCUT2D eigenvalue weighted by Crippen LogP contribution is 2.35. The van der Waals surface area contributed by atoms with Crippen LogP contribution in [0.4, 0.5) is 18.9 Å². The van der Waals surface area contributed by atoms with Crippen LogP contribution in [0, 0.1) is 11.8 Å². The second-order valence-corrected chi connectivity index (χ2v) is 6.07. The number of carboxylic acids is 1. The number of rotatable bonds is 3. The van der Waals surface area contributed by atoms with Crippen LogP contribution >= 0.6 is 0 Å². The fourth-order valence-corrected chi connectivity index (χ4v) is 2.82. The molecule has 7 heteroatoms. The van der Waals surface area contributed by atoms with Crippen molar-refractivity contribution < 1.29 is 27.9 Å². The van der Waals surface area contributed by atoms with Gasteiger partial charge >= 0.3 is 6.18 Å². The normalized spacial score (nSPS) is 21.5. The van der Waals surface area contributed by atoms with E-state index in [0.717, 1.165) is 23.3 Å². The van der Waals surface area contributed by atoms with Crippen molar-refractivity contribution >= 4 is 17.6 Å². The van der Waals surface area contributed by atoms with E-state index in [0.29, 0.717) is 0 Å². The van der Waals surface area contributed by atoms with Gasteiger partial charge in [0.1, 0.15) is 0 Å². The molecule has 0 saturated heterocycles. The van der Waals surface area contributed by atoms with E-state index in [-0.39, 0.29) is 18.5 Å². The average molecular weight is 340 g/mol. The van der Waals surface area contributed by atoms with E-state index < -0.39 is 35.5 Å². The highest BCUT2D eigenvalue weighted by atomic mass is 19.4. The number of alkyl halides is 3. The van der Waals surface area contributed by atoms with Crippen LogP contribution in [0.1, 0.15) is 32.3 Å². The van der Waals surface area contributed by atoms with E-state index in [4.69, 9.17) is 0 Å². The molecule has 1 aromatic rings. The third-order valence-corrected chi connectivity index (χ3v) is 4.36. The van der Waals surface area contributed by atoms with Crippen LogP contribution in [0.3, 0.4) is 0 Å². The molecule has 1 N–H and O–H groups in total. The molecule has 1 aromatic carbocycles. The Balaban J connectivity index is 2.21. The van der Waals surface area contributed by atoms with Crippen molar-refractivity contribution in [1.29, 1.82) is 0 Å². The Morgan fingerprint density at radius 2 is 1.71 bits per heavy atom. The summed E-state index contributed by atoms with van der Waals surface area (Å²) < 4.78 is 38.2. The van der Waals surface area contributed by atoms with Gasteiger partial charge in [0.15, 0.2) is 0 Å². The zero-order chi connectivity index (χ0) is 18.1. The third kappa shape index (κ3) is 3.96. The minimum atomic E-state index is -4.52. The standard InChI is InChI=1S/C17H18F3NO3/c1-9-6-13(14(16(23)24)7-10(9)2)15(22)21-12-5-3-4-11(8-12)17(18,19)20/h3-5,8,13-14H,6-7H2,1-2H3,(H,21,22)(H,23,24)/p-1/t13-,14-/m1/s1. The molecule has 0 heterocycles. The van der Waals surface area contributed by atoms with Crippen molar-refractivity contribution in [2.45, 2.75) is 32.9 Å². The zero-order valence-corrected chi connectivity index (χ0v) is 13.2. The number of carbonyl (C=O) groups is 2. The molecule has 1 aliphatic carbocycles. The SMILES string of the molecule is CC1=C(C)C[C@@H](C(=O)Nc2cccc(C(F)(F)F)c2)[C@H](C(=O)[O-])C1. The lowest BCUT2D eigenvalue weighted by Crippen LogP contribution is -2.42. The van der Waals surface area contributed by atoms with Crippen LogP contribution in [0.25, 0.3) is 0 Å². The molecule has 24 heavy (non-hydrogen) atoms. The van der Waals surface area contributed by atoms with Gasteiger partial charge in [0, 0.05) is 17.6 Å². The fourth-order valence-electron chi connectivity index (χ4n) is 2.82. The Bertz CT molecular complexity index is 695. The van der Waals surface area contributed by atoms with Gasteiger partial charge in [-0.3, -0.25) is 4.79 Å². The first-order chi connectivity index (χ1) is 11.1. The molecule has 2 rings (SSSR count). The second kappa shape index (κ2) is 6.67. The van der Waals surface area contributed by atoms with Gasteiger partial charge in [-0.1, -0.05) is 17.2 Å². The number of benzene rings is 1. The van der Waals surface area contributed by atoms with Gasteiger partial charge in [0.25, 0.3) is 0 Å². The summed E-state index contributed by atoms with van der Waals surface area (Å²) in [5, 5.41) is 13.7. The number of anilines is 1. The largest absolute Gasteiger partial charge is 0.550 e. The predicted molar refractivity (Wildman–Crippen MR) is 79.7 cm³/mol. The number of allylic oxidation sites excluding steroid dienone is 2. The summed E-state index contributed by atoms with van der Waals surface area (Å²) in [6.45, 7) is 3.61. The molecule has 0 unspecified atom stereocenters. The molecule has 0 saturated carbocycles. The fraction of sp³-hybridized carbons (Fsp3) is 0.412. The van der Waals surface area contributed by atoms with Crippen LogP contribution < -0.4 is 10.4 Å². The summed E-state index contributed by atoms with van der Waals surface area (Å²) in [5.41, 5.74) is 0.909. The molecule has 4 nitrogen and oxygen atoms in total. The monoisotopic (exact) mass is 340 g/mol. The number of nitrogens with one attached hydrogen (secondary N) is 1. The highest BCUT2D eigenvalue weighted by molar-refractivity contribution is 5.95.